The van der Waals surface area contributed by atoms with Crippen molar-refractivity contribution in [3.8, 4) is 0 Å². The van der Waals surface area contributed by atoms with E-state index in [4.69, 9.17) is 5.73 Å². The second-order valence-electron chi connectivity index (χ2n) is 2.76. The van der Waals surface area contributed by atoms with E-state index in [0.717, 1.165) is 16.8 Å². The van der Waals surface area contributed by atoms with Gasteiger partial charge in [0.05, 0.1) is 12.7 Å². The van der Waals surface area contributed by atoms with Crippen molar-refractivity contribution >= 4 is 21.5 Å². The van der Waals surface area contributed by atoms with Gasteiger partial charge in [0.15, 0.2) is 11.0 Å². The number of thiazole rings is 1. The Morgan fingerprint density at radius 2 is 2.50 bits per heavy atom. The van der Waals surface area contributed by atoms with E-state index in [2.05, 4.69) is 25.5 Å². The Bertz CT molecular complexity index is 379. The van der Waals surface area contributed by atoms with Gasteiger partial charge in [-0.05, 0) is 6.92 Å². The third-order valence-corrected chi connectivity index (χ3v) is 2.35. The zero-order valence-corrected chi connectivity index (χ0v) is 8.43. The van der Waals surface area contributed by atoms with Crippen LogP contribution in [-0.4, -0.2) is 20.2 Å². The molecule has 0 spiro atoms. The molecule has 74 valence electrons. The summed E-state index contributed by atoms with van der Waals surface area (Å²) in [5.74, 6) is 1.52. The summed E-state index contributed by atoms with van der Waals surface area (Å²) >= 11 is 1.40. The maximum Gasteiger partial charge on any atom is 0.184 e. The normalized spacial score (nSPS) is 10.4. The van der Waals surface area contributed by atoms with Crippen LogP contribution in [0.15, 0.2) is 6.20 Å². The summed E-state index contributed by atoms with van der Waals surface area (Å²) in [7, 11) is 0. The first kappa shape index (κ1) is 8.95. The molecule has 0 aliphatic carbocycles. The van der Waals surface area contributed by atoms with Crippen LogP contribution in [-0.2, 0) is 6.54 Å². The summed E-state index contributed by atoms with van der Waals surface area (Å²) in [5, 5.41) is 11.3. The second kappa shape index (κ2) is 3.62. The molecule has 2 heterocycles. The molecule has 7 heteroatoms. The number of nitrogens with two attached hydrogens (primary N) is 1. The Balaban J connectivity index is 1.94. The number of H-pyrrole nitrogens is 1. The van der Waals surface area contributed by atoms with Crippen LogP contribution >= 0.6 is 11.3 Å². The Labute approximate surface area is 84.6 Å². The fourth-order valence-electron chi connectivity index (χ4n) is 0.991. The van der Waals surface area contributed by atoms with Crippen LogP contribution in [0.25, 0.3) is 0 Å². The Morgan fingerprint density at radius 3 is 3.07 bits per heavy atom. The van der Waals surface area contributed by atoms with Gasteiger partial charge in [-0.3, -0.25) is 5.10 Å². The van der Waals surface area contributed by atoms with Gasteiger partial charge in [0.1, 0.15) is 10.8 Å². The van der Waals surface area contributed by atoms with Crippen molar-refractivity contribution in [1.82, 2.24) is 20.2 Å². The van der Waals surface area contributed by atoms with E-state index < -0.39 is 0 Å². The maximum atomic E-state index is 5.53. The largest absolute Gasteiger partial charge is 0.389 e. The molecular weight excluding hydrogens is 200 g/mol. The number of rotatable bonds is 3. The molecule has 0 atom stereocenters. The van der Waals surface area contributed by atoms with Crippen LogP contribution in [0.3, 0.4) is 0 Å². The molecule has 4 N–H and O–H groups in total. The van der Waals surface area contributed by atoms with Crippen LogP contribution < -0.4 is 11.1 Å². The summed E-state index contributed by atoms with van der Waals surface area (Å²) in [5.41, 5.74) is 5.53. The van der Waals surface area contributed by atoms with Crippen molar-refractivity contribution in [1.29, 1.82) is 0 Å². The van der Waals surface area contributed by atoms with Crippen molar-refractivity contribution in [2.24, 2.45) is 0 Å². The molecule has 0 fully saturated rings. The molecule has 0 aliphatic rings. The van der Waals surface area contributed by atoms with Crippen molar-refractivity contribution in [2.75, 3.05) is 11.1 Å². The molecule has 0 saturated heterocycles. The van der Waals surface area contributed by atoms with Crippen molar-refractivity contribution in [2.45, 2.75) is 13.5 Å². The third kappa shape index (κ3) is 1.99. The molecule has 14 heavy (non-hydrogen) atoms. The number of nitrogen functional groups attached to an aromatic ring is 1. The van der Waals surface area contributed by atoms with E-state index in [1.54, 1.807) is 6.20 Å². The SMILES string of the molecule is Cc1nc(CNc2ncc(N)s2)n[nH]1. The fraction of sp³-hybridized carbons (Fsp3) is 0.286. The van der Waals surface area contributed by atoms with E-state index in [1.807, 2.05) is 6.92 Å². The number of aryl methyl sites for hydroxylation is 1. The van der Waals surface area contributed by atoms with Gasteiger partial charge in [-0.1, -0.05) is 11.3 Å². The highest BCUT2D eigenvalue weighted by atomic mass is 32.1. The predicted octanol–water partition coefficient (Wildman–Crippen LogP) is 0.764. The molecule has 2 aromatic rings. The molecule has 0 aromatic carbocycles. The van der Waals surface area contributed by atoms with Crippen molar-refractivity contribution < 1.29 is 0 Å². The second-order valence-corrected chi connectivity index (χ2v) is 3.82. The average molecular weight is 210 g/mol. The van der Waals surface area contributed by atoms with E-state index in [1.165, 1.54) is 11.3 Å². The first-order valence-electron chi connectivity index (χ1n) is 4.07. The minimum absolute atomic E-state index is 0.553. The van der Waals surface area contributed by atoms with E-state index in [9.17, 15) is 0 Å². The van der Waals surface area contributed by atoms with Gasteiger partial charge in [0.25, 0.3) is 0 Å². The zero-order chi connectivity index (χ0) is 9.97. The summed E-state index contributed by atoms with van der Waals surface area (Å²) in [6.45, 7) is 2.41. The lowest BCUT2D eigenvalue weighted by Gasteiger charge is -1.96. The molecule has 0 bridgehead atoms. The number of anilines is 2. The van der Waals surface area contributed by atoms with Gasteiger partial charge in [-0.2, -0.15) is 5.10 Å². The lowest BCUT2D eigenvalue weighted by molar-refractivity contribution is 0.951. The lowest BCUT2D eigenvalue weighted by Crippen LogP contribution is -2.00. The minimum Gasteiger partial charge on any atom is -0.389 e. The standard InChI is InChI=1S/C7H10N6S/c1-4-11-6(13-12-4)3-10-7-9-2-5(8)14-7/h2H,3,8H2,1H3,(H,9,10)(H,11,12,13). The van der Waals surface area contributed by atoms with Gasteiger partial charge >= 0.3 is 0 Å². The lowest BCUT2D eigenvalue weighted by atomic mass is 10.6. The van der Waals surface area contributed by atoms with Crippen molar-refractivity contribution in [3.05, 3.63) is 17.8 Å². The molecule has 0 radical (unpaired) electrons. The Kier molecular flexibility index (Phi) is 2.32. The van der Waals surface area contributed by atoms with Crippen LogP contribution in [0.5, 0.6) is 0 Å². The predicted molar refractivity (Wildman–Crippen MR) is 55.0 cm³/mol. The van der Waals surface area contributed by atoms with E-state index in [0.29, 0.717) is 11.5 Å². The van der Waals surface area contributed by atoms with E-state index >= 15 is 0 Å². The van der Waals surface area contributed by atoms with E-state index in [-0.39, 0.29) is 0 Å². The molecule has 0 aliphatic heterocycles. The zero-order valence-electron chi connectivity index (χ0n) is 7.61. The molecule has 0 unspecified atom stereocenters. The Hall–Kier alpha value is -1.63. The quantitative estimate of drug-likeness (QED) is 0.695. The molecule has 6 nitrogen and oxygen atoms in total. The minimum atomic E-state index is 0.553. The molecule has 0 saturated carbocycles. The number of nitrogens with zero attached hydrogens (tertiary/aromatic N) is 3. The number of aromatic nitrogens is 4. The summed E-state index contributed by atoms with van der Waals surface area (Å²) < 4.78 is 0. The summed E-state index contributed by atoms with van der Waals surface area (Å²) in [6.07, 6.45) is 1.62. The monoisotopic (exact) mass is 210 g/mol. The Morgan fingerprint density at radius 1 is 1.64 bits per heavy atom. The first-order chi connectivity index (χ1) is 6.74. The highest BCUT2D eigenvalue weighted by Gasteiger charge is 2.01. The average Bonchev–Trinajstić information content (AvgIpc) is 2.72. The molecule has 2 rings (SSSR count). The summed E-state index contributed by atoms with van der Waals surface area (Å²) in [6, 6.07) is 0. The van der Waals surface area contributed by atoms with Crippen LogP contribution in [0.2, 0.25) is 0 Å². The van der Waals surface area contributed by atoms with Crippen LogP contribution in [0.1, 0.15) is 11.6 Å². The number of hydrogen-bond donors (Lipinski definition) is 3. The smallest absolute Gasteiger partial charge is 0.184 e. The number of aromatic amines is 1. The molecule has 0 amide bonds. The highest BCUT2D eigenvalue weighted by Crippen LogP contribution is 2.19. The van der Waals surface area contributed by atoms with Crippen LogP contribution in [0, 0.1) is 6.92 Å². The van der Waals surface area contributed by atoms with Crippen LogP contribution in [0.4, 0.5) is 10.1 Å². The highest BCUT2D eigenvalue weighted by molar-refractivity contribution is 7.19. The first-order valence-corrected chi connectivity index (χ1v) is 4.89. The van der Waals surface area contributed by atoms with Gasteiger partial charge in [-0.15, -0.1) is 0 Å². The molecule has 2 aromatic heterocycles. The topological polar surface area (TPSA) is 92.5 Å². The van der Waals surface area contributed by atoms with Gasteiger partial charge < -0.3 is 11.1 Å². The summed E-state index contributed by atoms with van der Waals surface area (Å²) in [4.78, 5) is 8.20. The number of nitrogens with one attached hydrogen (secondary N) is 2. The molecular formula is C7H10N6S. The van der Waals surface area contributed by atoms with Gasteiger partial charge in [0.2, 0.25) is 0 Å². The maximum absolute atomic E-state index is 5.53. The van der Waals surface area contributed by atoms with Gasteiger partial charge in [0, 0.05) is 0 Å². The fourth-order valence-corrected chi connectivity index (χ4v) is 1.57. The third-order valence-electron chi connectivity index (χ3n) is 1.56. The van der Waals surface area contributed by atoms with Gasteiger partial charge in [-0.25, -0.2) is 9.97 Å². The number of hydrogen-bond acceptors (Lipinski definition) is 6. The van der Waals surface area contributed by atoms with Crippen molar-refractivity contribution in [3.63, 3.8) is 0 Å².